The third-order valence-corrected chi connectivity index (χ3v) is 3.69. The van der Waals surface area contributed by atoms with Crippen LogP contribution in [0.5, 0.6) is 11.5 Å². The van der Waals surface area contributed by atoms with Gasteiger partial charge in [0.15, 0.2) is 11.5 Å². The van der Waals surface area contributed by atoms with E-state index < -0.39 is 0 Å². The number of hydrogen-bond donors (Lipinski definition) is 1. The summed E-state index contributed by atoms with van der Waals surface area (Å²) in [7, 11) is 3.15. The Hall–Kier alpha value is -2.82. The van der Waals surface area contributed by atoms with Gasteiger partial charge in [-0.25, -0.2) is 9.37 Å². The van der Waals surface area contributed by atoms with Gasteiger partial charge in [-0.1, -0.05) is 18.2 Å². The summed E-state index contributed by atoms with van der Waals surface area (Å²) in [5, 5.41) is 0. The lowest BCUT2D eigenvalue weighted by Crippen LogP contribution is -1.99. The summed E-state index contributed by atoms with van der Waals surface area (Å²) in [5.74, 6) is 1.69. The van der Waals surface area contributed by atoms with Crippen molar-refractivity contribution in [2.75, 3.05) is 14.2 Å². The van der Waals surface area contributed by atoms with Gasteiger partial charge in [0.25, 0.3) is 0 Å². The number of aromatic amines is 1. The second-order valence-electron chi connectivity index (χ2n) is 5.06. The van der Waals surface area contributed by atoms with Crippen LogP contribution in [0.15, 0.2) is 48.8 Å². The van der Waals surface area contributed by atoms with Crippen molar-refractivity contribution in [2.24, 2.45) is 0 Å². The van der Waals surface area contributed by atoms with Gasteiger partial charge in [-0.3, -0.25) is 0 Å². The minimum Gasteiger partial charge on any atom is -0.493 e. The normalized spacial score (nSPS) is 10.6. The second kappa shape index (κ2) is 6.52. The number of aromatic nitrogens is 2. The summed E-state index contributed by atoms with van der Waals surface area (Å²) in [5.41, 5.74) is 2.19. The fourth-order valence-corrected chi connectivity index (χ4v) is 2.57. The van der Waals surface area contributed by atoms with E-state index in [9.17, 15) is 4.39 Å². The Balaban J connectivity index is 2.17. The van der Waals surface area contributed by atoms with Gasteiger partial charge in [-0.2, -0.15) is 0 Å². The highest BCUT2D eigenvalue weighted by atomic mass is 19.1. The fourth-order valence-electron chi connectivity index (χ4n) is 2.57. The second-order valence-corrected chi connectivity index (χ2v) is 5.06. The molecule has 0 amide bonds. The van der Waals surface area contributed by atoms with Crippen LogP contribution >= 0.6 is 0 Å². The Labute approximate surface area is 133 Å². The van der Waals surface area contributed by atoms with Crippen LogP contribution in [0.3, 0.4) is 0 Å². The minimum absolute atomic E-state index is 0.277. The zero-order valence-electron chi connectivity index (χ0n) is 13.0. The van der Waals surface area contributed by atoms with Crippen LogP contribution in [0.25, 0.3) is 11.1 Å². The molecule has 3 aromatic rings. The fraction of sp³-hybridized carbons (Fsp3) is 0.167. The highest BCUT2D eigenvalue weighted by molar-refractivity contribution is 5.72. The highest BCUT2D eigenvalue weighted by Crippen LogP contribution is 2.37. The van der Waals surface area contributed by atoms with E-state index in [1.165, 1.54) is 6.07 Å². The van der Waals surface area contributed by atoms with Crippen molar-refractivity contribution in [3.8, 4) is 22.6 Å². The lowest BCUT2D eigenvalue weighted by molar-refractivity contribution is 0.354. The number of rotatable bonds is 5. The number of halogens is 1. The van der Waals surface area contributed by atoms with Crippen molar-refractivity contribution < 1.29 is 13.9 Å². The molecule has 0 spiro atoms. The first kappa shape index (κ1) is 15.1. The Morgan fingerprint density at radius 3 is 2.43 bits per heavy atom. The Morgan fingerprint density at radius 2 is 1.78 bits per heavy atom. The lowest BCUT2D eigenvalue weighted by atomic mass is 9.96. The van der Waals surface area contributed by atoms with Crippen LogP contribution in [0.2, 0.25) is 0 Å². The quantitative estimate of drug-likeness (QED) is 0.779. The van der Waals surface area contributed by atoms with Crippen LogP contribution < -0.4 is 9.47 Å². The SMILES string of the molecule is COc1cc(Cc2ncc[nH]2)c(-c2ccccc2F)cc1OC. The van der Waals surface area contributed by atoms with E-state index in [0.29, 0.717) is 23.5 Å². The van der Waals surface area contributed by atoms with E-state index in [1.807, 2.05) is 12.1 Å². The Bertz CT molecular complexity index is 801. The van der Waals surface area contributed by atoms with Crippen molar-refractivity contribution in [1.82, 2.24) is 9.97 Å². The van der Waals surface area contributed by atoms with Crippen molar-refractivity contribution >= 4 is 0 Å². The number of hydrogen-bond acceptors (Lipinski definition) is 3. The summed E-state index contributed by atoms with van der Waals surface area (Å²) < 4.78 is 25.0. The Kier molecular flexibility index (Phi) is 4.28. The molecular formula is C18H17FN2O2. The number of methoxy groups -OCH3 is 2. The molecule has 0 aliphatic heterocycles. The summed E-state index contributed by atoms with van der Waals surface area (Å²) in [6.07, 6.45) is 3.99. The number of benzene rings is 2. The third-order valence-electron chi connectivity index (χ3n) is 3.69. The average molecular weight is 312 g/mol. The molecule has 1 N–H and O–H groups in total. The minimum atomic E-state index is -0.277. The molecule has 3 rings (SSSR count). The molecule has 0 aliphatic carbocycles. The molecule has 2 aromatic carbocycles. The number of H-pyrrole nitrogens is 1. The number of nitrogens with zero attached hydrogens (tertiary/aromatic N) is 1. The predicted molar refractivity (Wildman–Crippen MR) is 86.3 cm³/mol. The van der Waals surface area contributed by atoms with Crippen molar-refractivity contribution in [1.29, 1.82) is 0 Å². The van der Waals surface area contributed by atoms with E-state index in [0.717, 1.165) is 17.0 Å². The first-order valence-electron chi connectivity index (χ1n) is 7.21. The van der Waals surface area contributed by atoms with E-state index in [4.69, 9.17) is 9.47 Å². The molecule has 0 aliphatic rings. The molecule has 23 heavy (non-hydrogen) atoms. The maximum atomic E-state index is 14.3. The van der Waals surface area contributed by atoms with Gasteiger partial charge < -0.3 is 14.5 Å². The summed E-state index contributed by atoms with van der Waals surface area (Å²) in [6, 6.07) is 10.3. The number of ether oxygens (including phenoxy) is 2. The van der Waals surface area contributed by atoms with Crippen LogP contribution in [0, 0.1) is 5.82 Å². The molecule has 0 unspecified atom stereocenters. The van der Waals surface area contributed by atoms with E-state index in [-0.39, 0.29) is 5.82 Å². The lowest BCUT2D eigenvalue weighted by Gasteiger charge is -2.15. The summed E-state index contributed by atoms with van der Waals surface area (Å²) in [6.45, 7) is 0. The molecule has 118 valence electrons. The molecular weight excluding hydrogens is 295 g/mol. The molecule has 1 aromatic heterocycles. The zero-order chi connectivity index (χ0) is 16.2. The summed E-state index contributed by atoms with van der Waals surface area (Å²) >= 11 is 0. The van der Waals surface area contributed by atoms with Crippen LogP contribution in [-0.4, -0.2) is 24.2 Å². The van der Waals surface area contributed by atoms with Crippen LogP contribution in [0.1, 0.15) is 11.4 Å². The predicted octanol–water partition coefficient (Wildman–Crippen LogP) is 3.82. The van der Waals surface area contributed by atoms with Crippen molar-refractivity contribution in [3.05, 3.63) is 66.0 Å². The molecule has 5 heteroatoms. The molecule has 0 saturated carbocycles. The average Bonchev–Trinajstić information content (AvgIpc) is 3.08. The third kappa shape index (κ3) is 3.04. The Morgan fingerprint density at radius 1 is 1.04 bits per heavy atom. The number of nitrogens with one attached hydrogen (secondary N) is 1. The van der Waals surface area contributed by atoms with Gasteiger partial charge in [-0.15, -0.1) is 0 Å². The van der Waals surface area contributed by atoms with Gasteiger partial charge in [-0.05, 0) is 29.3 Å². The van der Waals surface area contributed by atoms with E-state index in [2.05, 4.69) is 9.97 Å². The maximum Gasteiger partial charge on any atom is 0.161 e. The first-order chi connectivity index (χ1) is 11.2. The van der Waals surface area contributed by atoms with Crippen molar-refractivity contribution in [3.63, 3.8) is 0 Å². The zero-order valence-corrected chi connectivity index (χ0v) is 13.0. The van der Waals surface area contributed by atoms with Gasteiger partial charge >= 0.3 is 0 Å². The van der Waals surface area contributed by atoms with Gasteiger partial charge in [0.05, 0.1) is 14.2 Å². The largest absolute Gasteiger partial charge is 0.493 e. The maximum absolute atomic E-state index is 14.3. The monoisotopic (exact) mass is 312 g/mol. The molecule has 1 heterocycles. The molecule has 0 bridgehead atoms. The molecule has 0 radical (unpaired) electrons. The van der Waals surface area contributed by atoms with E-state index in [1.54, 1.807) is 44.8 Å². The molecule has 0 fully saturated rings. The van der Waals surface area contributed by atoms with E-state index >= 15 is 0 Å². The smallest absolute Gasteiger partial charge is 0.161 e. The molecule has 0 atom stereocenters. The topological polar surface area (TPSA) is 47.1 Å². The van der Waals surface area contributed by atoms with Gasteiger partial charge in [0.2, 0.25) is 0 Å². The van der Waals surface area contributed by atoms with Gasteiger partial charge in [0, 0.05) is 24.4 Å². The standard InChI is InChI=1S/C18H17FN2O2/c1-22-16-9-12(10-18-20-7-8-21-18)14(11-17(16)23-2)13-5-3-4-6-15(13)19/h3-9,11H,10H2,1-2H3,(H,20,21). The molecule has 4 nitrogen and oxygen atoms in total. The van der Waals surface area contributed by atoms with Crippen LogP contribution in [-0.2, 0) is 6.42 Å². The highest BCUT2D eigenvalue weighted by Gasteiger charge is 2.16. The van der Waals surface area contributed by atoms with Crippen LogP contribution in [0.4, 0.5) is 4.39 Å². The molecule has 0 saturated heterocycles. The van der Waals surface area contributed by atoms with Gasteiger partial charge in [0.1, 0.15) is 11.6 Å². The number of imidazole rings is 1. The summed E-state index contributed by atoms with van der Waals surface area (Å²) in [4.78, 5) is 7.31. The first-order valence-corrected chi connectivity index (χ1v) is 7.21. The van der Waals surface area contributed by atoms with Crippen molar-refractivity contribution in [2.45, 2.75) is 6.42 Å².